The number of rotatable bonds is 3. The number of carbonyl (C=O) groups excluding carboxylic acids is 2. The Kier molecular flexibility index (Phi) is 4.13. The number of ketones is 1. The number of fused-ring (bicyclic) bond motifs is 1. The van der Waals surface area contributed by atoms with Gasteiger partial charge in [-0.1, -0.05) is 6.07 Å². The molecule has 26 heavy (non-hydrogen) atoms. The molecular weight excluding hydrogens is 368 g/mol. The van der Waals surface area contributed by atoms with Crippen molar-refractivity contribution in [3.05, 3.63) is 52.2 Å². The van der Waals surface area contributed by atoms with Crippen molar-refractivity contribution in [3.8, 4) is 16.3 Å². The molecule has 2 aromatic heterocycles. The maximum atomic E-state index is 12.5. The van der Waals surface area contributed by atoms with Gasteiger partial charge in [-0.05, 0) is 43.5 Å². The van der Waals surface area contributed by atoms with Crippen LogP contribution in [0.5, 0.6) is 5.75 Å². The summed E-state index contributed by atoms with van der Waals surface area (Å²) in [5.41, 5.74) is 1.19. The number of carbonyl (C=O) groups is 2. The van der Waals surface area contributed by atoms with E-state index in [-0.39, 0.29) is 11.7 Å². The molecule has 7 heteroatoms. The molecule has 5 nitrogen and oxygen atoms in total. The van der Waals surface area contributed by atoms with Crippen molar-refractivity contribution >= 4 is 39.5 Å². The maximum Gasteiger partial charge on any atom is 0.257 e. The highest BCUT2D eigenvalue weighted by Gasteiger charge is 2.32. The largest absolute Gasteiger partial charge is 0.487 e. The lowest BCUT2D eigenvalue weighted by Gasteiger charge is -2.31. The van der Waals surface area contributed by atoms with Gasteiger partial charge < -0.3 is 4.74 Å². The first-order valence-electron chi connectivity index (χ1n) is 8.08. The first-order chi connectivity index (χ1) is 12.4. The molecule has 0 spiro atoms. The number of Topliss-reactive ketones (excluding diaryl/α,β-unsaturated/α-hetero) is 1. The van der Waals surface area contributed by atoms with E-state index in [1.165, 1.54) is 11.3 Å². The molecule has 1 aromatic carbocycles. The van der Waals surface area contributed by atoms with E-state index in [2.05, 4.69) is 10.3 Å². The summed E-state index contributed by atoms with van der Waals surface area (Å²) in [5.74, 6) is 0.217. The molecule has 0 fully saturated rings. The van der Waals surface area contributed by atoms with Crippen molar-refractivity contribution in [2.75, 3.05) is 5.32 Å². The number of benzene rings is 1. The number of anilines is 1. The molecule has 0 unspecified atom stereocenters. The number of thiophene rings is 1. The molecule has 132 valence electrons. The number of ether oxygens (including phenoxy) is 1. The van der Waals surface area contributed by atoms with E-state index in [0.717, 1.165) is 10.6 Å². The number of nitrogens with one attached hydrogen (secondary N) is 1. The van der Waals surface area contributed by atoms with E-state index in [1.54, 1.807) is 29.5 Å². The lowest BCUT2D eigenvalue weighted by Crippen LogP contribution is -2.36. The van der Waals surface area contributed by atoms with Crippen LogP contribution in [-0.2, 0) is 0 Å². The standard InChI is InChI=1S/C19H16N2O3S2/c1-19(2)9-14(22)12-8-11(5-6-15(12)24-19)17(23)21-18-20-13(10-26-18)16-4-3-7-25-16/h3-8,10H,9H2,1-2H3,(H,20,21,23). The van der Waals surface area contributed by atoms with Gasteiger partial charge in [0.15, 0.2) is 10.9 Å². The Morgan fingerprint density at radius 1 is 1.27 bits per heavy atom. The number of hydrogen-bond donors (Lipinski definition) is 1. The van der Waals surface area contributed by atoms with Gasteiger partial charge in [-0.2, -0.15) is 0 Å². The van der Waals surface area contributed by atoms with E-state index in [9.17, 15) is 9.59 Å². The third kappa shape index (κ3) is 3.27. The van der Waals surface area contributed by atoms with Crippen LogP contribution in [0.15, 0.2) is 41.1 Å². The van der Waals surface area contributed by atoms with Gasteiger partial charge >= 0.3 is 0 Å². The summed E-state index contributed by atoms with van der Waals surface area (Å²) in [4.78, 5) is 30.4. The van der Waals surface area contributed by atoms with Gasteiger partial charge in [-0.3, -0.25) is 14.9 Å². The normalized spacial score (nSPS) is 15.2. The smallest absolute Gasteiger partial charge is 0.257 e. The van der Waals surface area contributed by atoms with Crippen LogP contribution in [0, 0.1) is 0 Å². The van der Waals surface area contributed by atoms with Crippen LogP contribution in [0.3, 0.4) is 0 Å². The van der Waals surface area contributed by atoms with Gasteiger partial charge in [-0.25, -0.2) is 4.98 Å². The number of hydrogen-bond acceptors (Lipinski definition) is 6. The highest BCUT2D eigenvalue weighted by atomic mass is 32.1. The highest BCUT2D eigenvalue weighted by Crippen LogP contribution is 2.34. The average Bonchev–Trinajstić information content (AvgIpc) is 3.24. The number of amides is 1. The van der Waals surface area contributed by atoms with E-state index in [4.69, 9.17) is 4.74 Å². The molecule has 1 amide bonds. The molecule has 0 bridgehead atoms. The molecule has 3 heterocycles. The van der Waals surface area contributed by atoms with Gasteiger partial charge in [0.1, 0.15) is 11.4 Å². The van der Waals surface area contributed by atoms with Crippen molar-refractivity contribution in [3.63, 3.8) is 0 Å². The van der Waals surface area contributed by atoms with Gasteiger partial charge in [0.2, 0.25) is 0 Å². The van der Waals surface area contributed by atoms with Crippen molar-refractivity contribution in [1.82, 2.24) is 4.98 Å². The summed E-state index contributed by atoms with van der Waals surface area (Å²) in [5, 5.41) is 7.22. The summed E-state index contributed by atoms with van der Waals surface area (Å²) >= 11 is 2.97. The fraction of sp³-hybridized carbons (Fsp3) is 0.211. The summed E-state index contributed by atoms with van der Waals surface area (Å²) in [6, 6.07) is 8.89. The van der Waals surface area contributed by atoms with E-state index >= 15 is 0 Å². The Balaban J connectivity index is 1.54. The first kappa shape index (κ1) is 16.9. The molecule has 0 atom stereocenters. The zero-order valence-corrected chi connectivity index (χ0v) is 15.9. The van der Waals surface area contributed by atoms with Crippen LogP contribution in [0.2, 0.25) is 0 Å². The van der Waals surface area contributed by atoms with Gasteiger partial charge in [0.25, 0.3) is 5.91 Å². The Morgan fingerprint density at radius 3 is 2.88 bits per heavy atom. The number of aromatic nitrogens is 1. The maximum absolute atomic E-state index is 12.5. The summed E-state index contributed by atoms with van der Waals surface area (Å²) in [6.45, 7) is 3.75. The minimum absolute atomic E-state index is 0.0138. The van der Waals surface area contributed by atoms with E-state index in [0.29, 0.717) is 28.4 Å². The molecule has 1 N–H and O–H groups in total. The topological polar surface area (TPSA) is 68.3 Å². The van der Waals surface area contributed by atoms with Crippen LogP contribution >= 0.6 is 22.7 Å². The van der Waals surface area contributed by atoms with Gasteiger partial charge in [-0.15, -0.1) is 22.7 Å². The van der Waals surface area contributed by atoms with Crippen molar-refractivity contribution in [2.45, 2.75) is 25.9 Å². The SMILES string of the molecule is CC1(C)CC(=O)c2cc(C(=O)Nc3nc(-c4cccs4)cs3)ccc2O1. The van der Waals surface area contributed by atoms with E-state index < -0.39 is 5.60 Å². The molecule has 0 saturated heterocycles. The molecule has 4 rings (SSSR count). The summed E-state index contributed by atoms with van der Waals surface area (Å²) in [7, 11) is 0. The molecule has 1 aliphatic rings. The summed E-state index contributed by atoms with van der Waals surface area (Å²) in [6.07, 6.45) is 0.293. The van der Waals surface area contributed by atoms with Gasteiger partial charge in [0, 0.05) is 10.9 Å². The third-order valence-corrected chi connectivity index (χ3v) is 5.66. The Labute approximate surface area is 158 Å². The Hall–Kier alpha value is -2.51. The van der Waals surface area contributed by atoms with Crippen LogP contribution in [0.25, 0.3) is 10.6 Å². The number of nitrogens with zero attached hydrogens (tertiary/aromatic N) is 1. The fourth-order valence-electron chi connectivity index (χ4n) is 2.83. The van der Waals surface area contributed by atoms with Crippen molar-refractivity contribution in [2.24, 2.45) is 0 Å². The zero-order valence-electron chi connectivity index (χ0n) is 14.2. The highest BCUT2D eigenvalue weighted by molar-refractivity contribution is 7.16. The molecule has 0 radical (unpaired) electrons. The summed E-state index contributed by atoms with van der Waals surface area (Å²) < 4.78 is 5.83. The minimum Gasteiger partial charge on any atom is -0.487 e. The lowest BCUT2D eigenvalue weighted by molar-refractivity contribution is 0.0620. The second kappa shape index (κ2) is 6.34. The first-order valence-corrected chi connectivity index (χ1v) is 9.84. The average molecular weight is 384 g/mol. The fourth-order valence-corrected chi connectivity index (χ4v) is 4.30. The molecule has 0 saturated carbocycles. The zero-order chi connectivity index (χ0) is 18.3. The predicted molar refractivity (Wildman–Crippen MR) is 103 cm³/mol. The minimum atomic E-state index is -0.521. The van der Waals surface area contributed by atoms with Gasteiger partial charge in [0.05, 0.1) is 22.6 Å². The van der Waals surface area contributed by atoms with E-state index in [1.807, 2.05) is 36.7 Å². The lowest BCUT2D eigenvalue weighted by atomic mass is 9.92. The second-order valence-corrected chi connectivity index (χ2v) is 8.45. The quantitative estimate of drug-likeness (QED) is 0.700. The monoisotopic (exact) mass is 384 g/mol. The molecule has 1 aliphatic heterocycles. The van der Waals surface area contributed by atoms with Crippen LogP contribution < -0.4 is 10.1 Å². The Morgan fingerprint density at radius 2 is 2.12 bits per heavy atom. The predicted octanol–water partition coefficient (Wildman–Crippen LogP) is 4.87. The van der Waals surface area contributed by atoms with Crippen LogP contribution in [0.4, 0.5) is 5.13 Å². The van der Waals surface area contributed by atoms with Crippen molar-refractivity contribution in [1.29, 1.82) is 0 Å². The third-order valence-electron chi connectivity index (χ3n) is 4.01. The Bertz CT molecular complexity index is 990. The second-order valence-electron chi connectivity index (χ2n) is 6.64. The molecular formula is C19H16N2O3S2. The molecule has 3 aromatic rings. The van der Waals surface area contributed by atoms with Crippen molar-refractivity contribution < 1.29 is 14.3 Å². The number of thiazole rings is 1. The molecule has 0 aliphatic carbocycles. The van der Waals surface area contributed by atoms with Crippen LogP contribution in [-0.4, -0.2) is 22.3 Å². The van der Waals surface area contributed by atoms with Crippen LogP contribution in [0.1, 0.15) is 41.0 Å².